The van der Waals surface area contributed by atoms with Crippen LogP contribution in [0, 0.1) is 12.8 Å². The third kappa shape index (κ3) is 5.08. The molecule has 1 atom stereocenters. The molecule has 1 fully saturated rings. The van der Waals surface area contributed by atoms with E-state index in [0.717, 1.165) is 5.56 Å². The Bertz CT molecular complexity index is 927. The van der Waals surface area contributed by atoms with E-state index in [0.29, 0.717) is 36.6 Å². The van der Waals surface area contributed by atoms with Gasteiger partial charge >= 0.3 is 0 Å². The topological polar surface area (TPSA) is 75.7 Å². The number of ether oxygens (including phenoxy) is 1. The Labute approximate surface area is 160 Å². The monoisotopic (exact) mass is 388 g/mol. The maximum absolute atomic E-state index is 12.7. The summed E-state index contributed by atoms with van der Waals surface area (Å²) >= 11 is 0. The second kappa shape index (κ2) is 8.10. The zero-order valence-corrected chi connectivity index (χ0v) is 16.3. The van der Waals surface area contributed by atoms with Crippen LogP contribution in [0.3, 0.4) is 0 Å². The van der Waals surface area contributed by atoms with Crippen LogP contribution < -0.4 is 10.1 Å². The van der Waals surface area contributed by atoms with Gasteiger partial charge in [0.1, 0.15) is 5.75 Å². The van der Waals surface area contributed by atoms with Gasteiger partial charge in [-0.25, -0.2) is 12.7 Å². The van der Waals surface area contributed by atoms with Crippen molar-refractivity contribution < 1.29 is 17.9 Å². The van der Waals surface area contributed by atoms with Gasteiger partial charge in [0, 0.05) is 13.1 Å². The number of anilines is 1. The first-order valence-corrected chi connectivity index (χ1v) is 10.8. The SMILES string of the molecule is Cc1cccc(Oc2ccccc2NC(=O)C2CCCN(S(C)(=O)=O)C2)c1. The van der Waals surface area contributed by atoms with Crippen LogP contribution >= 0.6 is 0 Å². The smallest absolute Gasteiger partial charge is 0.228 e. The molecular formula is C20H24N2O4S. The molecule has 2 aromatic carbocycles. The highest BCUT2D eigenvalue weighted by atomic mass is 32.2. The first-order chi connectivity index (χ1) is 12.8. The molecule has 0 aromatic heterocycles. The van der Waals surface area contributed by atoms with E-state index in [9.17, 15) is 13.2 Å². The van der Waals surface area contributed by atoms with Crippen LogP contribution in [0.25, 0.3) is 0 Å². The third-order valence-electron chi connectivity index (χ3n) is 4.59. The van der Waals surface area contributed by atoms with Gasteiger partial charge < -0.3 is 10.1 Å². The van der Waals surface area contributed by atoms with Gasteiger partial charge in [0.15, 0.2) is 5.75 Å². The molecule has 1 amide bonds. The lowest BCUT2D eigenvalue weighted by Gasteiger charge is -2.30. The van der Waals surface area contributed by atoms with E-state index in [2.05, 4.69) is 5.32 Å². The molecule has 7 heteroatoms. The van der Waals surface area contributed by atoms with E-state index in [1.807, 2.05) is 43.3 Å². The van der Waals surface area contributed by atoms with Gasteiger partial charge in [0.25, 0.3) is 0 Å². The minimum atomic E-state index is -3.29. The molecular weight excluding hydrogens is 364 g/mol. The summed E-state index contributed by atoms with van der Waals surface area (Å²) in [7, 11) is -3.29. The number of rotatable bonds is 5. The number of carbonyl (C=O) groups excluding carboxylic acids is 1. The molecule has 27 heavy (non-hydrogen) atoms. The number of nitrogens with one attached hydrogen (secondary N) is 1. The fourth-order valence-electron chi connectivity index (χ4n) is 3.16. The predicted octanol–water partition coefficient (Wildman–Crippen LogP) is 3.40. The molecule has 1 heterocycles. The lowest BCUT2D eigenvalue weighted by Crippen LogP contribution is -2.43. The average molecular weight is 388 g/mol. The van der Waals surface area contributed by atoms with Gasteiger partial charge in [-0.05, 0) is 49.6 Å². The molecule has 1 unspecified atom stereocenters. The number of carbonyl (C=O) groups is 1. The third-order valence-corrected chi connectivity index (χ3v) is 5.86. The Hall–Kier alpha value is -2.38. The van der Waals surface area contributed by atoms with Gasteiger partial charge in [0.2, 0.25) is 15.9 Å². The van der Waals surface area contributed by atoms with E-state index in [1.165, 1.54) is 10.6 Å². The van der Waals surface area contributed by atoms with Crippen molar-refractivity contribution >= 4 is 21.6 Å². The van der Waals surface area contributed by atoms with E-state index >= 15 is 0 Å². The van der Waals surface area contributed by atoms with Gasteiger partial charge in [-0.3, -0.25) is 4.79 Å². The zero-order chi connectivity index (χ0) is 19.4. The number of para-hydroxylation sites is 2. The van der Waals surface area contributed by atoms with E-state index in [4.69, 9.17) is 4.74 Å². The lowest BCUT2D eigenvalue weighted by atomic mass is 9.98. The first-order valence-electron chi connectivity index (χ1n) is 8.92. The standard InChI is InChI=1S/C20H24N2O4S/c1-15-7-5-9-17(13-15)26-19-11-4-3-10-18(19)21-20(23)16-8-6-12-22(14-16)27(2,24)25/h3-5,7,9-11,13,16H,6,8,12,14H2,1-2H3,(H,21,23). The van der Waals surface area contributed by atoms with Crippen molar-refractivity contribution in [3.63, 3.8) is 0 Å². The number of nitrogens with zero attached hydrogens (tertiary/aromatic N) is 1. The van der Waals surface area contributed by atoms with Crippen molar-refractivity contribution in [1.29, 1.82) is 0 Å². The van der Waals surface area contributed by atoms with E-state index in [1.54, 1.807) is 12.1 Å². The molecule has 0 bridgehead atoms. The normalized spacial score (nSPS) is 18.1. The van der Waals surface area contributed by atoms with Crippen molar-refractivity contribution in [1.82, 2.24) is 4.31 Å². The number of benzene rings is 2. The molecule has 6 nitrogen and oxygen atoms in total. The Morgan fingerprint density at radius 2 is 1.96 bits per heavy atom. The highest BCUT2D eigenvalue weighted by Gasteiger charge is 2.30. The van der Waals surface area contributed by atoms with E-state index in [-0.39, 0.29) is 18.4 Å². The van der Waals surface area contributed by atoms with Crippen LogP contribution in [0.15, 0.2) is 48.5 Å². The maximum Gasteiger partial charge on any atom is 0.228 e. The number of sulfonamides is 1. The number of hydrogen-bond acceptors (Lipinski definition) is 4. The number of hydrogen-bond donors (Lipinski definition) is 1. The second-order valence-electron chi connectivity index (χ2n) is 6.86. The van der Waals surface area contributed by atoms with Crippen LogP contribution in [0.5, 0.6) is 11.5 Å². The molecule has 144 valence electrons. The van der Waals surface area contributed by atoms with Crippen LogP contribution in [0.2, 0.25) is 0 Å². The summed E-state index contributed by atoms with van der Waals surface area (Å²) in [6.45, 7) is 2.67. The average Bonchev–Trinajstić information content (AvgIpc) is 2.63. The molecule has 1 N–H and O–H groups in total. The first kappa shape index (κ1) is 19.4. The van der Waals surface area contributed by atoms with Crippen molar-refractivity contribution in [2.75, 3.05) is 24.7 Å². The van der Waals surface area contributed by atoms with Gasteiger partial charge in [-0.2, -0.15) is 0 Å². The Balaban J connectivity index is 1.73. The minimum Gasteiger partial charge on any atom is -0.455 e. The van der Waals surface area contributed by atoms with Crippen molar-refractivity contribution in [2.24, 2.45) is 5.92 Å². The summed E-state index contributed by atoms with van der Waals surface area (Å²) in [6, 6.07) is 14.9. The second-order valence-corrected chi connectivity index (χ2v) is 8.85. The maximum atomic E-state index is 12.7. The largest absolute Gasteiger partial charge is 0.455 e. The predicted molar refractivity (Wildman–Crippen MR) is 105 cm³/mol. The van der Waals surface area contributed by atoms with Crippen LogP contribution in [-0.4, -0.2) is 38.0 Å². The number of amides is 1. The van der Waals surface area contributed by atoms with Gasteiger partial charge in [-0.1, -0.05) is 24.3 Å². The van der Waals surface area contributed by atoms with Crippen LogP contribution in [0.4, 0.5) is 5.69 Å². The highest BCUT2D eigenvalue weighted by Crippen LogP contribution is 2.30. The van der Waals surface area contributed by atoms with Gasteiger partial charge in [-0.15, -0.1) is 0 Å². The summed E-state index contributed by atoms with van der Waals surface area (Å²) in [4.78, 5) is 12.7. The lowest BCUT2D eigenvalue weighted by molar-refractivity contribution is -0.120. The number of piperidine rings is 1. The molecule has 1 saturated heterocycles. The summed E-state index contributed by atoms with van der Waals surface area (Å²) in [6.07, 6.45) is 2.52. The van der Waals surface area contributed by atoms with Crippen molar-refractivity contribution in [2.45, 2.75) is 19.8 Å². The fraction of sp³-hybridized carbons (Fsp3) is 0.350. The summed E-state index contributed by atoms with van der Waals surface area (Å²) < 4.78 is 30.8. The molecule has 1 aliphatic heterocycles. The van der Waals surface area contributed by atoms with Crippen LogP contribution in [-0.2, 0) is 14.8 Å². The van der Waals surface area contributed by atoms with Crippen molar-refractivity contribution in [3.05, 3.63) is 54.1 Å². The van der Waals surface area contributed by atoms with E-state index < -0.39 is 10.0 Å². The molecule has 0 radical (unpaired) electrons. The summed E-state index contributed by atoms with van der Waals surface area (Å²) in [5.74, 6) is 0.675. The minimum absolute atomic E-state index is 0.191. The molecule has 0 spiro atoms. The molecule has 2 aromatic rings. The Kier molecular flexibility index (Phi) is 5.82. The fourth-order valence-corrected chi connectivity index (χ4v) is 4.07. The quantitative estimate of drug-likeness (QED) is 0.852. The Morgan fingerprint density at radius 1 is 1.19 bits per heavy atom. The molecule has 0 saturated carbocycles. The molecule has 0 aliphatic carbocycles. The zero-order valence-electron chi connectivity index (χ0n) is 15.5. The van der Waals surface area contributed by atoms with Gasteiger partial charge in [0.05, 0.1) is 17.9 Å². The van der Waals surface area contributed by atoms with Crippen LogP contribution in [0.1, 0.15) is 18.4 Å². The highest BCUT2D eigenvalue weighted by molar-refractivity contribution is 7.88. The number of aryl methyl sites for hydroxylation is 1. The summed E-state index contributed by atoms with van der Waals surface area (Å²) in [5.41, 5.74) is 1.65. The summed E-state index contributed by atoms with van der Waals surface area (Å²) in [5, 5.41) is 2.90. The van der Waals surface area contributed by atoms with Crippen molar-refractivity contribution in [3.8, 4) is 11.5 Å². The Morgan fingerprint density at radius 3 is 2.70 bits per heavy atom. The molecule has 3 rings (SSSR count). The molecule has 1 aliphatic rings.